The molecule has 4 rings (SSSR count). The van der Waals surface area contributed by atoms with E-state index < -0.39 is 6.04 Å². The van der Waals surface area contributed by atoms with E-state index in [0.29, 0.717) is 29.8 Å². The van der Waals surface area contributed by atoms with Gasteiger partial charge in [-0.05, 0) is 67.2 Å². The third-order valence-electron chi connectivity index (χ3n) is 5.69. The van der Waals surface area contributed by atoms with Crippen molar-refractivity contribution >= 4 is 35.2 Å². The quantitative estimate of drug-likeness (QED) is 0.665. The maximum absolute atomic E-state index is 13.7. The third-order valence-corrected chi connectivity index (χ3v) is 6.33. The van der Waals surface area contributed by atoms with Crippen molar-refractivity contribution in [1.29, 1.82) is 0 Å². The van der Waals surface area contributed by atoms with E-state index in [-0.39, 0.29) is 17.7 Å². The van der Waals surface area contributed by atoms with Crippen LogP contribution in [0.25, 0.3) is 0 Å². The Bertz CT molecular complexity index is 971. The molecule has 0 N–H and O–H groups in total. The van der Waals surface area contributed by atoms with Gasteiger partial charge < -0.3 is 9.64 Å². The predicted octanol–water partition coefficient (Wildman–Crippen LogP) is 3.39. The van der Waals surface area contributed by atoms with Crippen molar-refractivity contribution < 1.29 is 19.1 Å². The van der Waals surface area contributed by atoms with Crippen LogP contribution in [0, 0.1) is 0 Å². The van der Waals surface area contributed by atoms with Gasteiger partial charge in [-0.2, -0.15) is 11.8 Å². The van der Waals surface area contributed by atoms with Crippen molar-refractivity contribution in [3.05, 3.63) is 59.2 Å². The first kappa shape index (κ1) is 20.5. The first-order valence-corrected chi connectivity index (χ1v) is 11.4. The maximum atomic E-state index is 13.7. The molecular formula is C23H24N2O4S. The molecule has 2 aliphatic rings. The number of imide groups is 1. The van der Waals surface area contributed by atoms with Gasteiger partial charge in [0.15, 0.2) is 0 Å². The van der Waals surface area contributed by atoms with Crippen LogP contribution in [0.1, 0.15) is 39.1 Å². The van der Waals surface area contributed by atoms with Gasteiger partial charge in [0.05, 0.1) is 18.2 Å². The van der Waals surface area contributed by atoms with E-state index >= 15 is 0 Å². The second kappa shape index (κ2) is 8.52. The van der Waals surface area contributed by atoms with Gasteiger partial charge in [-0.1, -0.05) is 12.1 Å². The Morgan fingerprint density at radius 1 is 1.13 bits per heavy atom. The Morgan fingerprint density at radius 3 is 2.47 bits per heavy atom. The zero-order chi connectivity index (χ0) is 21.3. The minimum absolute atomic E-state index is 0.204. The lowest BCUT2D eigenvalue weighted by Crippen LogP contribution is -2.52. The number of carbonyl (C=O) groups excluding carboxylic acids is 3. The standard InChI is InChI=1S/C23H24N2O4S/c1-29-16-9-10-19-15(14-16)6-5-12-24(19)23(28)20(11-13-30-2)25-21(26)17-7-3-4-8-18(17)22(25)27/h3-4,7-10,14,20H,5-6,11-13H2,1-2H3/t20-/m0/s1. The maximum Gasteiger partial charge on any atom is 0.262 e. The summed E-state index contributed by atoms with van der Waals surface area (Å²) in [5.74, 6) is 0.448. The molecule has 2 aliphatic heterocycles. The van der Waals surface area contributed by atoms with Crippen molar-refractivity contribution in [2.45, 2.75) is 25.3 Å². The minimum Gasteiger partial charge on any atom is -0.497 e. The molecule has 0 unspecified atom stereocenters. The van der Waals surface area contributed by atoms with Crippen LogP contribution < -0.4 is 9.64 Å². The zero-order valence-electron chi connectivity index (χ0n) is 17.1. The van der Waals surface area contributed by atoms with Crippen molar-refractivity contribution in [3.63, 3.8) is 0 Å². The smallest absolute Gasteiger partial charge is 0.262 e. The first-order valence-electron chi connectivity index (χ1n) is 10.0. The number of ether oxygens (including phenoxy) is 1. The van der Waals surface area contributed by atoms with Crippen LogP contribution in [0.15, 0.2) is 42.5 Å². The summed E-state index contributed by atoms with van der Waals surface area (Å²) in [5, 5.41) is 0. The average molecular weight is 425 g/mol. The molecule has 156 valence electrons. The van der Waals surface area contributed by atoms with Gasteiger partial charge >= 0.3 is 0 Å². The molecule has 6 nitrogen and oxygen atoms in total. The van der Waals surface area contributed by atoms with Gasteiger partial charge in [-0.3, -0.25) is 19.3 Å². The molecule has 0 bridgehead atoms. The van der Waals surface area contributed by atoms with Gasteiger partial charge in [0.1, 0.15) is 11.8 Å². The van der Waals surface area contributed by atoms with E-state index in [9.17, 15) is 14.4 Å². The lowest BCUT2D eigenvalue weighted by molar-refractivity contribution is -0.122. The average Bonchev–Trinajstić information content (AvgIpc) is 3.03. The third kappa shape index (κ3) is 3.47. The Morgan fingerprint density at radius 2 is 1.83 bits per heavy atom. The van der Waals surface area contributed by atoms with Crippen molar-refractivity contribution in [3.8, 4) is 5.75 Å². The van der Waals surface area contributed by atoms with E-state index in [1.165, 1.54) is 4.90 Å². The van der Waals surface area contributed by atoms with Crippen LogP contribution in [0.4, 0.5) is 5.69 Å². The molecule has 2 aromatic rings. The summed E-state index contributed by atoms with van der Waals surface area (Å²) in [7, 11) is 1.62. The molecule has 2 aromatic carbocycles. The van der Waals surface area contributed by atoms with Gasteiger partial charge in [-0.25, -0.2) is 0 Å². The molecule has 0 aliphatic carbocycles. The van der Waals surface area contributed by atoms with E-state index in [4.69, 9.17) is 4.74 Å². The fraction of sp³-hybridized carbons (Fsp3) is 0.348. The highest BCUT2D eigenvalue weighted by Crippen LogP contribution is 2.33. The Labute approximate surface area is 180 Å². The van der Waals surface area contributed by atoms with Crippen LogP contribution >= 0.6 is 11.8 Å². The number of nitrogens with zero attached hydrogens (tertiary/aromatic N) is 2. The number of aryl methyl sites for hydroxylation is 1. The summed E-state index contributed by atoms with van der Waals surface area (Å²) < 4.78 is 5.32. The summed E-state index contributed by atoms with van der Waals surface area (Å²) >= 11 is 1.59. The first-order chi connectivity index (χ1) is 14.6. The summed E-state index contributed by atoms with van der Waals surface area (Å²) in [6.45, 7) is 0.567. The van der Waals surface area contributed by atoms with Crippen LogP contribution in [0.5, 0.6) is 5.75 Å². The molecule has 0 fully saturated rings. The van der Waals surface area contributed by atoms with E-state index in [1.807, 2.05) is 24.5 Å². The molecule has 3 amide bonds. The number of anilines is 1. The molecule has 0 saturated heterocycles. The highest BCUT2D eigenvalue weighted by molar-refractivity contribution is 7.98. The number of hydrogen-bond acceptors (Lipinski definition) is 5. The number of fused-ring (bicyclic) bond motifs is 2. The summed E-state index contributed by atoms with van der Waals surface area (Å²) in [4.78, 5) is 42.7. The molecule has 30 heavy (non-hydrogen) atoms. The molecule has 0 aromatic heterocycles. The van der Waals surface area contributed by atoms with Crippen molar-refractivity contribution in [2.24, 2.45) is 0 Å². The summed E-state index contributed by atoms with van der Waals surface area (Å²) in [5.41, 5.74) is 2.61. The van der Waals surface area contributed by atoms with Crippen LogP contribution in [-0.2, 0) is 11.2 Å². The summed E-state index contributed by atoms with van der Waals surface area (Å²) in [6, 6.07) is 11.6. The van der Waals surface area contributed by atoms with E-state index in [2.05, 4.69) is 0 Å². The van der Waals surface area contributed by atoms with Crippen LogP contribution in [-0.4, -0.2) is 54.3 Å². The molecular weight excluding hydrogens is 400 g/mol. The predicted molar refractivity (Wildman–Crippen MR) is 117 cm³/mol. The van der Waals surface area contributed by atoms with Gasteiger partial charge in [0.25, 0.3) is 11.8 Å². The largest absolute Gasteiger partial charge is 0.497 e. The molecule has 7 heteroatoms. The lowest BCUT2D eigenvalue weighted by Gasteiger charge is -2.35. The molecule has 2 heterocycles. The SMILES string of the molecule is COc1ccc2c(c1)CCCN2C(=O)[C@H](CCSC)N1C(=O)c2ccccc2C1=O. The van der Waals surface area contributed by atoms with Crippen LogP contribution in [0.2, 0.25) is 0 Å². The highest BCUT2D eigenvalue weighted by atomic mass is 32.2. The number of benzene rings is 2. The second-order valence-corrected chi connectivity index (χ2v) is 8.40. The Hall–Kier alpha value is -2.80. The zero-order valence-corrected chi connectivity index (χ0v) is 17.9. The van der Waals surface area contributed by atoms with E-state index in [0.717, 1.165) is 29.8 Å². The Kier molecular flexibility index (Phi) is 5.81. The topological polar surface area (TPSA) is 66.9 Å². The number of rotatable bonds is 6. The van der Waals surface area contributed by atoms with Gasteiger partial charge in [0.2, 0.25) is 5.91 Å². The fourth-order valence-electron chi connectivity index (χ4n) is 4.19. The number of carbonyl (C=O) groups is 3. The normalized spacial score (nSPS) is 16.3. The number of thioether (sulfide) groups is 1. The number of amides is 3. The molecule has 0 radical (unpaired) electrons. The number of hydrogen-bond donors (Lipinski definition) is 0. The lowest BCUT2D eigenvalue weighted by atomic mass is 9.99. The van der Waals surface area contributed by atoms with Crippen LogP contribution in [0.3, 0.4) is 0 Å². The minimum atomic E-state index is -0.821. The van der Waals surface area contributed by atoms with E-state index in [1.54, 1.807) is 48.0 Å². The Balaban J connectivity index is 1.68. The molecule has 0 saturated carbocycles. The van der Waals surface area contributed by atoms with Crippen molar-refractivity contribution in [1.82, 2.24) is 4.90 Å². The second-order valence-electron chi connectivity index (χ2n) is 7.41. The van der Waals surface area contributed by atoms with Gasteiger partial charge in [0, 0.05) is 12.2 Å². The fourth-order valence-corrected chi connectivity index (χ4v) is 4.65. The number of methoxy groups -OCH3 is 1. The molecule has 0 spiro atoms. The molecule has 1 atom stereocenters. The highest BCUT2D eigenvalue weighted by Gasteiger charge is 2.44. The summed E-state index contributed by atoms with van der Waals surface area (Å²) in [6.07, 6.45) is 4.06. The monoisotopic (exact) mass is 424 g/mol. The van der Waals surface area contributed by atoms with Crippen molar-refractivity contribution in [2.75, 3.05) is 30.6 Å². The van der Waals surface area contributed by atoms with Gasteiger partial charge in [-0.15, -0.1) is 0 Å².